The highest BCUT2D eigenvalue weighted by Gasteiger charge is 2.25. The number of aromatic nitrogens is 2. The minimum absolute atomic E-state index is 0.0491. The molecule has 1 fully saturated rings. The zero-order valence-corrected chi connectivity index (χ0v) is 18.3. The fraction of sp³-hybridized carbons (Fsp3) is 0.292. The number of furan rings is 1. The second-order valence-electron chi connectivity index (χ2n) is 7.70. The average molecular weight is 433 g/mol. The first-order valence-corrected chi connectivity index (χ1v) is 11.5. The molecule has 0 atom stereocenters. The average Bonchev–Trinajstić information content (AvgIpc) is 3.51. The number of carbonyl (C=O) groups is 1. The second-order valence-corrected chi connectivity index (χ2v) is 8.65. The van der Waals surface area contributed by atoms with Gasteiger partial charge in [-0.3, -0.25) is 9.69 Å². The van der Waals surface area contributed by atoms with Crippen molar-refractivity contribution in [1.29, 1.82) is 0 Å². The maximum absolute atomic E-state index is 13.5. The Kier molecular flexibility index (Phi) is 5.53. The summed E-state index contributed by atoms with van der Waals surface area (Å²) in [5.41, 5.74) is 3.29. The van der Waals surface area contributed by atoms with Crippen LogP contribution in [-0.2, 0) is 13.0 Å². The lowest BCUT2D eigenvalue weighted by Gasteiger charge is -2.34. The quantitative estimate of drug-likeness (QED) is 0.466. The highest BCUT2D eigenvalue weighted by molar-refractivity contribution is 7.09. The van der Waals surface area contributed by atoms with Crippen molar-refractivity contribution >= 4 is 28.1 Å². The summed E-state index contributed by atoms with van der Waals surface area (Å²) in [6.45, 7) is 6.08. The van der Waals surface area contributed by atoms with E-state index in [0.717, 1.165) is 42.7 Å². The van der Waals surface area contributed by atoms with Crippen molar-refractivity contribution in [2.75, 3.05) is 26.2 Å². The molecule has 1 saturated heterocycles. The van der Waals surface area contributed by atoms with Gasteiger partial charge in [0.05, 0.1) is 28.0 Å². The van der Waals surface area contributed by atoms with Crippen molar-refractivity contribution in [3.05, 3.63) is 70.4 Å². The molecule has 158 valence electrons. The summed E-state index contributed by atoms with van der Waals surface area (Å²) in [7, 11) is 0. The number of hydrogen-bond donors (Lipinski definition) is 0. The molecule has 1 aliphatic heterocycles. The summed E-state index contributed by atoms with van der Waals surface area (Å²) < 4.78 is 5.53. The number of para-hydroxylation sites is 1. The van der Waals surface area contributed by atoms with Crippen LogP contribution in [0.25, 0.3) is 22.4 Å². The van der Waals surface area contributed by atoms with Crippen LogP contribution in [-0.4, -0.2) is 51.9 Å². The Morgan fingerprint density at radius 1 is 1.10 bits per heavy atom. The Hall–Kier alpha value is -3.03. The third-order valence-corrected chi connectivity index (χ3v) is 6.71. The number of benzene rings is 1. The molecule has 0 radical (unpaired) electrons. The van der Waals surface area contributed by atoms with Crippen LogP contribution >= 0.6 is 11.3 Å². The molecule has 0 spiro atoms. The Morgan fingerprint density at radius 3 is 2.68 bits per heavy atom. The van der Waals surface area contributed by atoms with E-state index in [-0.39, 0.29) is 5.91 Å². The third kappa shape index (κ3) is 4.11. The van der Waals surface area contributed by atoms with Crippen molar-refractivity contribution in [2.24, 2.45) is 0 Å². The van der Waals surface area contributed by atoms with Gasteiger partial charge in [-0.25, -0.2) is 9.97 Å². The molecule has 1 amide bonds. The number of aryl methyl sites for hydroxylation is 1. The number of nitrogens with zero attached hydrogens (tertiary/aromatic N) is 4. The molecule has 1 aromatic carbocycles. The molecule has 0 bridgehead atoms. The second kappa shape index (κ2) is 8.61. The van der Waals surface area contributed by atoms with E-state index in [0.29, 0.717) is 30.1 Å². The molecule has 5 rings (SSSR count). The molecule has 0 aliphatic carbocycles. The molecule has 0 saturated carbocycles. The van der Waals surface area contributed by atoms with Crippen LogP contribution in [0.1, 0.15) is 28.0 Å². The lowest BCUT2D eigenvalue weighted by atomic mass is 10.0. The first-order valence-electron chi connectivity index (χ1n) is 10.6. The molecule has 0 N–H and O–H groups in total. The van der Waals surface area contributed by atoms with Gasteiger partial charge in [-0.2, -0.15) is 0 Å². The van der Waals surface area contributed by atoms with Crippen LogP contribution in [0.3, 0.4) is 0 Å². The summed E-state index contributed by atoms with van der Waals surface area (Å²) in [5.74, 6) is 0.715. The van der Waals surface area contributed by atoms with Crippen LogP contribution in [0.15, 0.2) is 58.5 Å². The number of rotatable bonds is 5. The molecule has 31 heavy (non-hydrogen) atoms. The van der Waals surface area contributed by atoms with Crippen molar-refractivity contribution in [3.63, 3.8) is 0 Å². The molecule has 1 aliphatic rings. The number of pyridine rings is 1. The van der Waals surface area contributed by atoms with Crippen molar-refractivity contribution in [3.8, 4) is 11.5 Å². The van der Waals surface area contributed by atoms with E-state index < -0.39 is 0 Å². The summed E-state index contributed by atoms with van der Waals surface area (Å²) in [6, 6.07) is 13.4. The van der Waals surface area contributed by atoms with E-state index >= 15 is 0 Å². The smallest absolute Gasteiger partial charge is 0.254 e. The topological polar surface area (TPSA) is 62.5 Å². The van der Waals surface area contributed by atoms with Gasteiger partial charge in [-0.05, 0) is 30.7 Å². The Bertz CT molecular complexity index is 1190. The van der Waals surface area contributed by atoms with Crippen LogP contribution in [0.4, 0.5) is 0 Å². The fourth-order valence-corrected chi connectivity index (χ4v) is 4.73. The summed E-state index contributed by atoms with van der Waals surface area (Å²) in [6.07, 6.45) is 2.60. The molecule has 7 heteroatoms. The van der Waals surface area contributed by atoms with E-state index in [1.807, 2.05) is 47.4 Å². The van der Waals surface area contributed by atoms with E-state index in [9.17, 15) is 4.79 Å². The zero-order chi connectivity index (χ0) is 21.2. The summed E-state index contributed by atoms with van der Waals surface area (Å²) >= 11 is 1.73. The fourth-order valence-electron chi connectivity index (χ4n) is 4.00. The molecule has 3 aromatic heterocycles. The monoisotopic (exact) mass is 432 g/mol. The van der Waals surface area contributed by atoms with Gasteiger partial charge in [0, 0.05) is 43.5 Å². The Balaban J connectivity index is 1.34. The van der Waals surface area contributed by atoms with Gasteiger partial charge < -0.3 is 9.32 Å². The summed E-state index contributed by atoms with van der Waals surface area (Å²) in [5, 5.41) is 4.20. The Labute approximate surface area is 185 Å². The van der Waals surface area contributed by atoms with Crippen LogP contribution in [0.2, 0.25) is 0 Å². The van der Waals surface area contributed by atoms with Crippen molar-refractivity contribution < 1.29 is 9.21 Å². The molecule has 0 unspecified atom stereocenters. The lowest BCUT2D eigenvalue weighted by Crippen LogP contribution is -2.48. The van der Waals surface area contributed by atoms with Gasteiger partial charge in [0.1, 0.15) is 5.69 Å². The number of thiazole rings is 1. The number of fused-ring (bicyclic) bond motifs is 1. The predicted octanol–water partition coefficient (Wildman–Crippen LogP) is 4.47. The third-order valence-electron chi connectivity index (χ3n) is 5.67. The molecule has 4 aromatic rings. The van der Waals surface area contributed by atoms with Gasteiger partial charge in [-0.1, -0.05) is 25.1 Å². The van der Waals surface area contributed by atoms with E-state index in [1.54, 1.807) is 17.6 Å². The van der Waals surface area contributed by atoms with Gasteiger partial charge in [-0.15, -0.1) is 11.3 Å². The molecular weight excluding hydrogens is 408 g/mol. The normalized spacial score (nSPS) is 14.9. The van der Waals surface area contributed by atoms with E-state index in [1.165, 1.54) is 5.01 Å². The van der Waals surface area contributed by atoms with Gasteiger partial charge in [0.25, 0.3) is 5.91 Å². The minimum atomic E-state index is 0.0491. The summed E-state index contributed by atoms with van der Waals surface area (Å²) in [4.78, 5) is 27.2. The first-order chi connectivity index (χ1) is 15.2. The highest BCUT2D eigenvalue weighted by atomic mass is 32.1. The maximum atomic E-state index is 13.5. The molecule has 4 heterocycles. The van der Waals surface area contributed by atoms with Crippen molar-refractivity contribution in [2.45, 2.75) is 19.9 Å². The van der Waals surface area contributed by atoms with Crippen LogP contribution in [0, 0.1) is 0 Å². The van der Waals surface area contributed by atoms with Gasteiger partial charge >= 0.3 is 0 Å². The number of amides is 1. The standard InChI is InChI=1S/C24H24N4O2S/c1-2-23-25-17(16-31-23)15-27-9-11-28(12-10-27)24(29)19-14-21(22-8-5-13-30-22)26-20-7-4-3-6-18(19)20/h3-8,13-14,16H,2,9-12,15H2,1H3. The SMILES string of the molecule is CCc1nc(CN2CCN(C(=O)c3cc(-c4ccco4)nc4ccccc34)CC2)cs1. The predicted molar refractivity (Wildman–Crippen MR) is 122 cm³/mol. The van der Waals surface area contributed by atoms with Crippen LogP contribution in [0.5, 0.6) is 0 Å². The van der Waals surface area contributed by atoms with Crippen LogP contribution < -0.4 is 0 Å². The van der Waals surface area contributed by atoms with Crippen molar-refractivity contribution in [1.82, 2.24) is 19.8 Å². The minimum Gasteiger partial charge on any atom is -0.463 e. The van der Waals surface area contributed by atoms with E-state index in [2.05, 4.69) is 22.2 Å². The number of carbonyl (C=O) groups excluding carboxylic acids is 1. The van der Waals surface area contributed by atoms with E-state index in [4.69, 9.17) is 9.40 Å². The molecular formula is C24H24N4O2S. The lowest BCUT2D eigenvalue weighted by molar-refractivity contribution is 0.0629. The number of piperazine rings is 1. The maximum Gasteiger partial charge on any atom is 0.254 e. The number of hydrogen-bond acceptors (Lipinski definition) is 6. The Morgan fingerprint density at radius 2 is 1.94 bits per heavy atom. The van der Waals surface area contributed by atoms with Gasteiger partial charge in [0.2, 0.25) is 0 Å². The zero-order valence-electron chi connectivity index (χ0n) is 17.5. The molecule has 6 nitrogen and oxygen atoms in total. The largest absolute Gasteiger partial charge is 0.463 e. The highest BCUT2D eigenvalue weighted by Crippen LogP contribution is 2.26. The first kappa shape index (κ1) is 19.9. The van der Waals surface area contributed by atoms with Gasteiger partial charge in [0.15, 0.2) is 5.76 Å².